The number of carboxylic acid groups (broad SMARTS) is 1. The average molecular weight is 250 g/mol. The van der Waals surface area contributed by atoms with Gasteiger partial charge in [0.2, 0.25) is 0 Å². The SMILES string of the molecule is N#Cc1cc(NCCCCCC(=O)O)ccc1F. The number of hydrogen-bond acceptors (Lipinski definition) is 3. The van der Waals surface area contributed by atoms with Crippen LogP contribution in [-0.4, -0.2) is 17.6 Å². The summed E-state index contributed by atoms with van der Waals surface area (Å²) >= 11 is 0. The third kappa shape index (κ3) is 4.83. The first-order valence-corrected chi connectivity index (χ1v) is 5.79. The van der Waals surface area contributed by atoms with E-state index < -0.39 is 11.8 Å². The van der Waals surface area contributed by atoms with Crippen LogP contribution >= 0.6 is 0 Å². The van der Waals surface area contributed by atoms with Crippen molar-refractivity contribution in [3.8, 4) is 6.07 Å². The number of halogens is 1. The van der Waals surface area contributed by atoms with Crippen molar-refractivity contribution in [2.24, 2.45) is 0 Å². The largest absolute Gasteiger partial charge is 0.481 e. The van der Waals surface area contributed by atoms with Gasteiger partial charge >= 0.3 is 5.97 Å². The smallest absolute Gasteiger partial charge is 0.303 e. The van der Waals surface area contributed by atoms with Crippen molar-refractivity contribution in [2.75, 3.05) is 11.9 Å². The first kappa shape index (κ1) is 14.0. The lowest BCUT2D eigenvalue weighted by atomic mass is 10.2. The molecule has 0 aromatic heterocycles. The Morgan fingerprint density at radius 3 is 2.83 bits per heavy atom. The molecule has 0 unspecified atom stereocenters. The van der Waals surface area contributed by atoms with Crippen LogP contribution in [0.4, 0.5) is 10.1 Å². The van der Waals surface area contributed by atoms with E-state index in [2.05, 4.69) is 5.32 Å². The Morgan fingerprint density at radius 1 is 1.39 bits per heavy atom. The molecule has 0 aliphatic heterocycles. The number of benzene rings is 1. The number of hydrogen-bond donors (Lipinski definition) is 2. The lowest BCUT2D eigenvalue weighted by molar-refractivity contribution is -0.137. The van der Waals surface area contributed by atoms with Crippen LogP contribution in [-0.2, 0) is 4.79 Å². The van der Waals surface area contributed by atoms with Gasteiger partial charge in [0.15, 0.2) is 0 Å². The number of carbonyl (C=O) groups is 1. The molecule has 0 heterocycles. The summed E-state index contributed by atoms with van der Waals surface area (Å²) in [6.07, 6.45) is 2.51. The van der Waals surface area contributed by atoms with Crippen molar-refractivity contribution in [3.63, 3.8) is 0 Å². The number of nitriles is 1. The third-order valence-electron chi connectivity index (χ3n) is 2.48. The van der Waals surface area contributed by atoms with Crippen LogP contribution < -0.4 is 5.32 Å². The molecule has 0 radical (unpaired) electrons. The van der Waals surface area contributed by atoms with Crippen LogP contribution in [0, 0.1) is 17.1 Å². The van der Waals surface area contributed by atoms with E-state index in [9.17, 15) is 9.18 Å². The van der Waals surface area contributed by atoms with Crippen LogP contribution in [0.3, 0.4) is 0 Å². The number of unbranched alkanes of at least 4 members (excludes halogenated alkanes) is 2. The van der Waals surface area contributed by atoms with E-state index in [-0.39, 0.29) is 12.0 Å². The first-order valence-electron chi connectivity index (χ1n) is 5.79. The standard InChI is InChI=1S/C13H15FN2O2/c14-12-6-5-11(8-10(12)9-15)16-7-3-1-2-4-13(17)18/h5-6,8,16H,1-4,7H2,(H,17,18). The van der Waals surface area contributed by atoms with Crippen LogP contribution in [0.2, 0.25) is 0 Å². The van der Waals surface area contributed by atoms with Crippen molar-refractivity contribution in [1.82, 2.24) is 0 Å². The molecule has 0 saturated carbocycles. The Morgan fingerprint density at radius 2 is 2.17 bits per heavy atom. The third-order valence-corrected chi connectivity index (χ3v) is 2.48. The molecule has 0 atom stereocenters. The molecular weight excluding hydrogens is 235 g/mol. The molecule has 1 rings (SSSR count). The van der Waals surface area contributed by atoms with Crippen LogP contribution in [0.1, 0.15) is 31.2 Å². The molecule has 0 amide bonds. The number of rotatable bonds is 7. The maximum atomic E-state index is 13.0. The minimum atomic E-state index is -0.778. The molecule has 4 nitrogen and oxygen atoms in total. The van der Waals surface area contributed by atoms with Gasteiger partial charge in [-0.05, 0) is 31.0 Å². The van der Waals surface area contributed by atoms with Crippen molar-refractivity contribution >= 4 is 11.7 Å². The Hall–Kier alpha value is -2.09. The van der Waals surface area contributed by atoms with E-state index in [4.69, 9.17) is 10.4 Å². The van der Waals surface area contributed by atoms with Crippen LogP contribution in [0.15, 0.2) is 18.2 Å². The molecule has 0 saturated heterocycles. The Balaban J connectivity index is 2.28. The highest BCUT2D eigenvalue weighted by atomic mass is 19.1. The van der Waals surface area contributed by atoms with Gasteiger partial charge in [-0.15, -0.1) is 0 Å². The topological polar surface area (TPSA) is 73.1 Å². The fourth-order valence-corrected chi connectivity index (χ4v) is 1.53. The lowest BCUT2D eigenvalue weighted by Crippen LogP contribution is -2.02. The number of carboxylic acids is 1. The summed E-state index contributed by atoms with van der Waals surface area (Å²) in [7, 11) is 0. The molecule has 0 fully saturated rings. The molecule has 18 heavy (non-hydrogen) atoms. The molecule has 1 aromatic rings. The van der Waals surface area contributed by atoms with Crippen molar-refractivity contribution in [1.29, 1.82) is 5.26 Å². The number of aliphatic carboxylic acids is 1. The minimum absolute atomic E-state index is 0.0193. The van der Waals surface area contributed by atoms with Crippen molar-refractivity contribution in [3.05, 3.63) is 29.6 Å². The van der Waals surface area contributed by atoms with Gasteiger partial charge < -0.3 is 10.4 Å². The zero-order valence-corrected chi connectivity index (χ0v) is 9.95. The van der Waals surface area contributed by atoms with E-state index in [0.29, 0.717) is 18.7 Å². The lowest BCUT2D eigenvalue weighted by Gasteiger charge is -2.06. The van der Waals surface area contributed by atoms with E-state index in [1.54, 1.807) is 12.1 Å². The second kappa shape index (κ2) is 7.28. The van der Waals surface area contributed by atoms with E-state index in [1.165, 1.54) is 12.1 Å². The fraction of sp³-hybridized carbons (Fsp3) is 0.385. The quantitative estimate of drug-likeness (QED) is 0.730. The molecule has 0 aliphatic rings. The van der Waals surface area contributed by atoms with Gasteiger partial charge in [-0.1, -0.05) is 6.42 Å². The predicted molar refractivity (Wildman–Crippen MR) is 65.7 cm³/mol. The molecule has 0 aliphatic carbocycles. The molecule has 96 valence electrons. The molecule has 1 aromatic carbocycles. The van der Waals surface area contributed by atoms with Gasteiger partial charge in [0.05, 0.1) is 5.56 Å². The van der Waals surface area contributed by atoms with Crippen LogP contribution in [0.5, 0.6) is 0 Å². The maximum Gasteiger partial charge on any atom is 0.303 e. The summed E-state index contributed by atoms with van der Waals surface area (Å²) in [5.74, 6) is -1.30. The normalized spacial score (nSPS) is 9.78. The second-order valence-corrected chi connectivity index (χ2v) is 3.94. The van der Waals surface area contributed by atoms with Gasteiger partial charge in [-0.2, -0.15) is 5.26 Å². The second-order valence-electron chi connectivity index (χ2n) is 3.94. The summed E-state index contributed by atoms with van der Waals surface area (Å²) in [5, 5.41) is 20.2. The zero-order chi connectivity index (χ0) is 13.4. The molecule has 5 heteroatoms. The maximum absolute atomic E-state index is 13.0. The Bertz CT molecular complexity index is 455. The number of nitrogens with one attached hydrogen (secondary N) is 1. The van der Waals surface area contributed by atoms with Crippen molar-refractivity contribution in [2.45, 2.75) is 25.7 Å². The predicted octanol–water partition coefficient (Wildman–Crippen LogP) is 2.75. The van der Waals surface area contributed by atoms with Gasteiger partial charge in [0.25, 0.3) is 0 Å². The fourth-order valence-electron chi connectivity index (χ4n) is 1.53. The van der Waals surface area contributed by atoms with Gasteiger partial charge in [-0.25, -0.2) is 4.39 Å². The monoisotopic (exact) mass is 250 g/mol. The highest BCUT2D eigenvalue weighted by Crippen LogP contribution is 2.14. The minimum Gasteiger partial charge on any atom is -0.481 e. The Labute approximate surface area is 105 Å². The summed E-state index contributed by atoms with van der Waals surface area (Å²) < 4.78 is 13.0. The summed E-state index contributed by atoms with van der Waals surface area (Å²) in [5.41, 5.74) is 0.720. The van der Waals surface area contributed by atoms with Crippen molar-refractivity contribution < 1.29 is 14.3 Å². The molecule has 0 bridgehead atoms. The average Bonchev–Trinajstić information content (AvgIpc) is 2.35. The summed E-state index contributed by atoms with van der Waals surface area (Å²) in [6.45, 7) is 0.677. The highest BCUT2D eigenvalue weighted by molar-refractivity contribution is 5.66. The Kier molecular flexibility index (Phi) is 5.65. The molecule has 2 N–H and O–H groups in total. The van der Waals surface area contributed by atoms with Gasteiger partial charge in [-0.3, -0.25) is 4.79 Å². The summed E-state index contributed by atoms with van der Waals surface area (Å²) in [4.78, 5) is 10.3. The van der Waals surface area contributed by atoms with Gasteiger partial charge in [0.1, 0.15) is 11.9 Å². The number of nitrogens with zero attached hydrogens (tertiary/aromatic N) is 1. The highest BCUT2D eigenvalue weighted by Gasteiger charge is 2.02. The number of anilines is 1. The first-order chi connectivity index (χ1) is 8.63. The zero-order valence-electron chi connectivity index (χ0n) is 9.95. The van der Waals surface area contributed by atoms with Crippen LogP contribution in [0.25, 0.3) is 0 Å². The molecular formula is C13H15FN2O2. The summed E-state index contributed by atoms with van der Waals surface area (Å²) in [6, 6.07) is 6.08. The van der Waals surface area contributed by atoms with E-state index in [0.717, 1.165) is 12.8 Å². The molecule has 0 spiro atoms. The van der Waals surface area contributed by atoms with E-state index in [1.807, 2.05) is 0 Å². The van der Waals surface area contributed by atoms with E-state index >= 15 is 0 Å². The van der Waals surface area contributed by atoms with Gasteiger partial charge in [0, 0.05) is 18.7 Å².